The highest BCUT2D eigenvalue weighted by atomic mass is 35.5. The zero-order valence-corrected chi connectivity index (χ0v) is 16.8. The lowest BCUT2D eigenvalue weighted by atomic mass is 9.71. The SMILES string of the molecule is C=C1C(=O)OC2C1C(OC(=O)/C(C)=C/C)CC(O)(CCl)C1C(O)C=C(C)C21O. The number of ether oxygens (including phenoxy) is 2. The second kappa shape index (κ2) is 6.99. The van der Waals surface area contributed by atoms with Gasteiger partial charge in [-0.1, -0.05) is 18.7 Å². The molecule has 1 aliphatic heterocycles. The molecule has 1 saturated heterocycles. The lowest BCUT2D eigenvalue weighted by Gasteiger charge is -2.43. The van der Waals surface area contributed by atoms with Crippen LogP contribution in [0.1, 0.15) is 27.2 Å². The van der Waals surface area contributed by atoms with Crippen LogP contribution in [0.4, 0.5) is 0 Å². The smallest absolute Gasteiger partial charge is 0.334 e. The number of aliphatic hydroxyl groups is 3. The molecule has 0 spiro atoms. The van der Waals surface area contributed by atoms with Crippen LogP contribution in [0.2, 0.25) is 0 Å². The summed E-state index contributed by atoms with van der Waals surface area (Å²) in [4.78, 5) is 24.7. The Bertz CT molecular complexity index is 787. The van der Waals surface area contributed by atoms with Crippen molar-refractivity contribution in [3.05, 3.63) is 35.5 Å². The van der Waals surface area contributed by atoms with E-state index >= 15 is 0 Å². The molecule has 8 heteroatoms. The molecule has 28 heavy (non-hydrogen) atoms. The van der Waals surface area contributed by atoms with Crippen molar-refractivity contribution in [2.45, 2.75) is 56.7 Å². The quantitative estimate of drug-likeness (QED) is 0.274. The van der Waals surface area contributed by atoms with Gasteiger partial charge in [-0.25, -0.2) is 9.59 Å². The first kappa shape index (κ1) is 21.0. The number of esters is 2. The number of aliphatic hydroxyl groups excluding tert-OH is 1. The Morgan fingerprint density at radius 2 is 2.14 bits per heavy atom. The van der Waals surface area contributed by atoms with Crippen LogP contribution in [0.25, 0.3) is 0 Å². The third-order valence-electron chi connectivity index (χ3n) is 6.31. The van der Waals surface area contributed by atoms with Gasteiger partial charge in [-0.05, 0) is 26.3 Å². The van der Waals surface area contributed by atoms with Crippen molar-refractivity contribution in [3.63, 3.8) is 0 Å². The third kappa shape index (κ3) is 2.84. The van der Waals surface area contributed by atoms with Gasteiger partial charge in [0.05, 0.1) is 29.4 Å². The molecule has 0 aromatic carbocycles. The molecule has 0 bridgehead atoms. The lowest BCUT2D eigenvalue weighted by molar-refractivity contribution is -0.173. The van der Waals surface area contributed by atoms with Crippen molar-refractivity contribution in [1.29, 1.82) is 0 Å². The monoisotopic (exact) mass is 412 g/mol. The largest absolute Gasteiger partial charge is 0.458 e. The fraction of sp³-hybridized carbons (Fsp3) is 0.600. The summed E-state index contributed by atoms with van der Waals surface area (Å²) in [5, 5.41) is 33.5. The van der Waals surface area contributed by atoms with E-state index in [9.17, 15) is 24.9 Å². The highest BCUT2D eigenvalue weighted by Crippen LogP contribution is 2.55. The van der Waals surface area contributed by atoms with E-state index < -0.39 is 53.3 Å². The van der Waals surface area contributed by atoms with Crippen LogP contribution < -0.4 is 0 Å². The zero-order valence-electron chi connectivity index (χ0n) is 16.0. The summed E-state index contributed by atoms with van der Waals surface area (Å²) in [5.74, 6) is -3.71. The molecule has 0 radical (unpaired) electrons. The van der Waals surface area contributed by atoms with E-state index in [-0.39, 0.29) is 17.9 Å². The number of carbonyl (C=O) groups excluding carboxylic acids is 2. The zero-order chi connectivity index (χ0) is 21.0. The van der Waals surface area contributed by atoms with Gasteiger partial charge in [0, 0.05) is 17.6 Å². The summed E-state index contributed by atoms with van der Waals surface area (Å²) in [5.41, 5.74) is -2.92. The molecule has 2 aliphatic carbocycles. The van der Waals surface area contributed by atoms with Gasteiger partial charge < -0.3 is 24.8 Å². The van der Waals surface area contributed by atoms with Gasteiger partial charge in [-0.3, -0.25) is 0 Å². The number of hydrogen-bond donors (Lipinski definition) is 3. The molecule has 3 aliphatic rings. The van der Waals surface area contributed by atoms with E-state index in [0.29, 0.717) is 11.1 Å². The maximum atomic E-state index is 12.4. The summed E-state index contributed by atoms with van der Waals surface area (Å²) in [6.45, 7) is 8.60. The van der Waals surface area contributed by atoms with Crippen molar-refractivity contribution >= 4 is 23.5 Å². The average molecular weight is 413 g/mol. The molecule has 7 unspecified atom stereocenters. The van der Waals surface area contributed by atoms with Gasteiger partial charge >= 0.3 is 11.9 Å². The number of hydrogen-bond acceptors (Lipinski definition) is 7. The third-order valence-corrected chi connectivity index (χ3v) is 6.77. The highest BCUT2D eigenvalue weighted by Gasteiger charge is 2.69. The lowest BCUT2D eigenvalue weighted by Crippen LogP contribution is -2.59. The van der Waals surface area contributed by atoms with Crippen molar-refractivity contribution in [2.24, 2.45) is 11.8 Å². The minimum atomic E-state index is -1.88. The van der Waals surface area contributed by atoms with Crippen molar-refractivity contribution in [2.75, 3.05) is 5.88 Å². The number of rotatable bonds is 3. The van der Waals surface area contributed by atoms with Crippen molar-refractivity contribution in [1.82, 2.24) is 0 Å². The van der Waals surface area contributed by atoms with Gasteiger partial charge in [0.15, 0.2) is 0 Å². The topological polar surface area (TPSA) is 113 Å². The standard InChI is InChI=1S/C20H25ClO7/c1-5-9(2)17(23)27-13-7-19(25,8-21)15-12(22)6-10(3)20(15,26)16-14(13)11(4)18(24)28-16/h5-6,12-16,22,25-26H,4,7-8H2,1-3H3/b9-5+. The van der Waals surface area contributed by atoms with E-state index in [1.807, 2.05) is 0 Å². The molecule has 0 amide bonds. The Morgan fingerprint density at radius 3 is 2.71 bits per heavy atom. The Balaban J connectivity index is 2.14. The number of carbonyl (C=O) groups is 2. The summed E-state index contributed by atoms with van der Waals surface area (Å²) < 4.78 is 11.0. The molecule has 0 aromatic heterocycles. The van der Waals surface area contributed by atoms with Crippen LogP contribution >= 0.6 is 11.6 Å². The molecule has 7 nitrogen and oxygen atoms in total. The maximum absolute atomic E-state index is 12.4. The Kier molecular flexibility index (Phi) is 5.25. The Labute approximate surface area is 168 Å². The fourth-order valence-electron chi connectivity index (χ4n) is 4.69. The van der Waals surface area contributed by atoms with Gasteiger partial charge in [-0.15, -0.1) is 11.6 Å². The van der Waals surface area contributed by atoms with E-state index in [1.165, 1.54) is 6.08 Å². The van der Waals surface area contributed by atoms with E-state index in [2.05, 4.69) is 6.58 Å². The minimum Gasteiger partial charge on any atom is -0.458 e. The highest BCUT2D eigenvalue weighted by molar-refractivity contribution is 6.18. The number of allylic oxidation sites excluding steroid dienone is 1. The van der Waals surface area contributed by atoms with Crippen molar-refractivity contribution < 1.29 is 34.4 Å². The Morgan fingerprint density at radius 1 is 1.50 bits per heavy atom. The minimum absolute atomic E-state index is 0.0427. The van der Waals surface area contributed by atoms with Crippen LogP contribution in [-0.4, -0.2) is 62.7 Å². The summed E-state index contributed by atoms with van der Waals surface area (Å²) in [7, 11) is 0. The second-order valence-electron chi connectivity index (χ2n) is 7.88. The van der Waals surface area contributed by atoms with Gasteiger partial charge in [0.2, 0.25) is 0 Å². The first-order valence-electron chi connectivity index (χ1n) is 9.12. The number of halogens is 1. The molecular weight excluding hydrogens is 388 g/mol. The normalized spacial score (nSPS) is 43.0. The average Bonchev–Trinajstić information content (AvgIpc) is 3.04. The molecule has 7 atom stereocenters. The van der Waals surface area contributed by atoms with Crippen LogP contribution in [0.5, 0.6) is 0 Å². The molecule has 1 heterocycles. The molecule has 154 valence electrons. The molecule has 3 N–H and O–H groups in total. The summed E-state index contributed by atoms with van der Waals surface area (Å²) >= 11 is 6.07. The molecular formula is C20H25ClO7. The predicted octanol–water partition coefficient (Wildman–Crippen LogP) is 1.00. The first-order valence-corrected chi connectivity index (χ1v) is 9.66. The van der Waals surface area contributed by atoms with E-state index in [1.54, 1.807) is 26.8 Å². The van der Waals surface area contributed by atoms with Crippen LogP contribution in [0, 0.1) is 11.8 Å². The van der Waals surface area contributed by atoms with Crippen LogP contribution in [-0.2, 0) is 19.1 Å². The fourth-order valence-corrected chi connectivity index (χ4v) is 4.96. The number of alkyl halides is 1. The van der Waals surface area contributed by atoms with Crippen molar-refractivity contribution in [3.8, 4) is 0 Å². The van der Waals surface area contributed by atoms with Gasteiger partial charge in [-0.2, -0.15) is 0 Å². The molecule has 1 saturated carbocycles. The second-order valence-corrected chi connectivity index (χ2v) is 8.14. The molecule has 3 rings (SSSR count). The van der Waals surface area contributed by atoms with Gasteiger partial charge in [0.1, 0.15) is 17.8 Å². The van der Waals surface area contributed by atoms with E-state index in [0.717, 1.165) is 0 Å². The first-order chi connectivity index (χ1) is 13.0. The van der Waals surface area contributed by atoms with Crippen LogP contribution in [0.3, 0.4) is 0 Å². The van der Waals surface area contributed by atoms with Crippen LogP contribution in [0.15, 0.2) is 35.5 Å². The van der Waals surface area contributed by atoms with E-state index in [4.69, 9.17) is 21.1 Å². The molecule has 2 fully saturated rings. The van der Waals surface area contributed by atoms with Gasteiger partial charge in [0.25, 0.3) is 0 Å². The number of fused-ring (bicyclic) bond motifs is 3. The maximum Gasteiger partial charge on any atom is 0.334 e. The predicted molar refractivity (Wildman–Crippen MR) is 100 cm³/mol. The summed E-state index contributed by atoms with van der Waals surface area (Å²) in [6.07, 6.45) is -0.606. The summed E-state index contributed by atoms with van der Waals surface area (Å²) in [6, 6.07) is 0. The Hall–Kier alpha value is -1.67. The molecule has 0 aromatic rings.